The Morgan fingerprint density at radius 3 is 1.58 bits per heavy atom. The number of benzene rings is 1. The molecule has 0 amide bonds. The quantitative estimate of drug-likeness (QED) is 0.461. The molecule has 1 heterocycles. The minimum atomic E-state index is -5.72. The molecular weight excluding hydrogens is 489 g/mol. The fourth-order valence-electron chi connectivity index (χ4n) is 3.63. The molecule has 1 aliphatic rings. The molecule has 3 rings (SSSR count). The molecule has 3 nitrogen and oxygen atoms in total. The van der Waals surface area contributed by atoms with Gasteiger partial charge in [0.2, 0.25) is 0 Å². The molecule has 0 saturated heterocycles. The van der Waals surface area contributed by atoms with E-state index in [-0.39, 0.29) is 11.1 Å². The van der Waals surface area contributed by atoms with Crippen molar-refractivity contribution >= 4 is 21.0 Å². The highest BCUT2D eigenvalue weighted by Crippen LogP contribution is 2.64. The number of halogens is 9. The van der Waals surface area contributed by atoms with Crippen molar-refractivity contribution in [2.75, 3.05) is 6.26 Å². The van der Waals surface area contributed by atoms with Crippen molar-refractivity contribution in [1.29, 1.82) is 0 Å². The zero-order valence-corrected chi connectivity index (χ0v) is 17.3. The van der Waals surface area contributed by atoms with Crippen molar-refractivity contribution < 1.29 is 47.9 Å². The van der Waals surface area contributed by atoms with Gasteiger partial charge in [0, 0.05) is 12.5 Å². The van der Waals surface area contributed by atoms with E-state index in [4.69, 9.17) is 0 Å². The Morgan fingerprint density at radius 2 is 1.21 bits per heavy atom. The first-order chi connectivity index (χ1) is 14.9. The summed E-state index contributed by atoms with van der Waals surface area (Å²) in [6.07, 6.45) is -17.6. The Kier molecular flexibility index (Phi) is 5.88. The predicted molar refractivity (Wildman–Crippen MR) is 99.4 cm³/mol. The van der Waals surface area contributed by atoms with Gasteiger partial charge < -0.3 is 0 Å². The largest absolute Gasteiger partial charge is 0.416 e. The van der Waals surface area contributed by atoms with Crippen LogP contribution in [0.3, 0.4) is 0 Å². The molecule has 13 heteroatoms. The summed E-state index contributed by atoms with van der Waals surface area (Å²) in [6, 6.07) is 4.69. The number of alkyl halides is 9. The van der Waals surface area contributed by atoms with Crippen LogP contribution >= 0.6 is 0 Å². The lowest BCUT2D eigenvalue weighted by atomic mass is 9.81. The molecular formula is C20H14F9NO2S. The first-order valence-electron chi connectivity index (χ1n) is 9.06. The van der Waals surface area contributed by atoms with E-state index >= 15 is 0 Å². The number of sulfone groups is 1. The number of rotatable bonds is 3. The Morgan fingerprint density at radius 1 is 0.758 bits per heavy atom. The average Bonchev–Trinajstić information content (AvgIpc) is 3.09. The van der Waals surface area contributed by atoms with Crippen LogP contribution in [0, 0.1) is 5.41 Å². The third-order valence-electron chi connectivity index (χ3n) is 5.43. The number of hydrogen-bond acceptors (Lipinski definition) is 3. The van der Waals surface area contributed by atoms with Gasteiger partial charge in [-0.3, -0.25) is 0 Å². The average molecular weight is 503 g/mol. The van der Waals surface area contributed by atoms with Crippen LogP contribution in [0.4, 0.5) is 39.5 Å². The zero-order chi connectivity index (χ0) is 25.0. The van der Waals surface area contributed by atoms with Gasteiger partial charge in [0.25, 0.3) is 0 Å². The van der Waals surface area contributed by atoms with Crippen LogP contribution in [0.25, 0.3) is 11.1 Å². The maximum Gasteiger partial charge on any atom is 0.416 e. The molecule has 0 bridgehead atoms. The van der Waals surface area contributed by atoms with Crippen molar-refractivity contribution in [2.45, 2.75) is 36.4 Å². The van der Waals surface area contributed by atoms with Gasteiger partial charge >= 0.3 is 18.5 Å². The van der Waals surface area contributed by atoms with Crippen LogP contribution in [0.1, 0.15) is 29.5 Å². The maximum atomic E-state index is 13.7. The first kappa shape index (κ1) is 25.1. The molecule has 33 heavy (non-hydrogen) atoms. The van der Waals surface area contributed by atoms with E-state index in [0.717, 1.165) is 36.7 Å². The van der Waals surface area contributed by atoms with Gasteiger partial charge in [-0.15, -0.1) is 0 Å². The summed E-state index contributed by atoms with van der Waals surface area (Å²) in [5.41, 5.74) is -6.62. The molecule has 0 N–H and O–H groups in total. The standard InChI is InChI=1S/C20H14F9NO2S/c1-33(31,32)16-7-4-12(10-30-16)15-9-17(19(24,25)26,20(27,28)29)8-14(15)11-2-5-13(6-3-11)18(21,22)23/h2-7,10H,8-9H2,1H3. The minimum absolute atomic E-state index is 0.201. The van der Waals surface area contributed by atoms with E-state index in [1.807, 2.05) is 0 Å². The molecule has 1 aliphatic carbocycles. The maximum absolute atomic E-state index is 13.7. The van der Waals surface area contributed by atoms with E-state index < -0.39 is 68.4 Å². The zero-order valence-electron chi connectivity index (χ0n) is 16.5. The second-order valence-corrected chi connectivity index (χ2v) is 9.58. The molecule has 0 spiro atoms. The summed E-state index contributed by atoms with van der Waals surface area (Å²) < 4.78 is 144. The fraction of sp³-hybridized carbons (Fsp3) is 0.350. The minimum Gasteiger partial charge on any atom is -0.244 e. The lowest BCUT2D eigenvalue weighted by Crippen LogP contribution is -2.48. The highest BCUT2D eigenvalue weighted by Gasteiger charge is 2.72. The summed E-state index contributed by atoms with van der Waals surface area (Å²) in [4.78, 5) is 3.61. The highest BCUT2D eigenvalue weighted by atomic mass is 32.2. The molecule has 1 aromatic heterocycles. The van der Waals surface area contributed by atoms with Gasteiger partial charge in [-0.2, -0.15) is 39.5 Å². The molecule has 0 radical (unpaired) electrons. The summed E-state index contributed by atoms with van der Waals surface area (Å²) in [5, 5.41) is -0.446. The highest BCUT2D eigenvalue weighted by molar-refractivity contribution is 7.90. The van der Waals surface area contributed by atoms with Crippen LogP contribution in [-0.2, 0) is 16.0 Å². The van der Waals surface area contributed by atoms with E-state index in [1.54, 1.807) is 0 Å². The monoisotopic (exact) mass is 503 g/mol. The predicted octanol–water partition coefficient (Wildman–Crippen LogP) is 6.32. The van der Waals surface area contributed by atoms with E-state index in [9.17, 15) is 47.9 Å². The van der Waals surface area contributed by atoms with E-state index in [2.05, 4.69) is 4.98 Å². The van der Waals surface area contributed by atoms with E-state index in [0.29, 0.717) is 12.1 Å². The number of pyridine rings is 1. The molecule has 180 valence electrons. The Balaban J connectivity index is 2.20. The van der Waals surface area contributed by atoms with Crippen molar-refractivity contribution in [3.05, 3.63) is 59.3 Å². The van der Waals surface area contributed by atoms with Crippen molar-refractivity contribution in [3.63, 3.8) is 0 Å². The van der Waals surface area contributed by atoms with Crippen molar-refractivity contribution in [2.24, 2.45) is 5.41 Å². The topological polar surface area (TPSA) is 47.0 Å². The van der Waals surface area contributed by atoms with Gasteiger partial charge in [0.1, 0.15) is 0 Å². The number of hydrogen-bond donors (Lipinski definition) is 0. The number of nitrogens with zero attached hydrogens (tertiary/aromatic N) is 1. The molecule has 2 aromatic rings. The molecule has 0 fully saturated rings. The second-order valence-electron chi connectivity index (χ2n) is 7.62. The van der Waals surface area contributed by atoms with Gasteiger partial charge in [-0.1, -0.05) is 18.2 Å². The fourth-order valence-corrected chi connectivity index (χ4v) is 4.19. The van der Waals surface area contributed by atoms with Crippen molar-refractivity contribution in [1.82, 2.24) is 4.98 Å². The van der Waals surface area contributed by atoms with Gasteiger partial charge in [-0.25, -0.2) is 13.4 Å². The molecule has 0 atom stereocenters. The molecule has 0 aliphatic heterocycles. The first-order valence-corrected chi connectivity index (χ1v) is 11.0. The smallest absolute Gasteiger partial charge is 0.244 e. The van der Waals surface area contributed by atoms with Crippen LogP contribution in [0.2, 0.25) is 0 Å². The summed E-state index contributed by atoms with van der Waals surface area (Å²) in [6.45, 7) is 0. The number of allylic oxidation sites excluding steroid dienone is 2. The number of aromatic nitrogens is 1. The Bertz CT molecular complexity index is 1160. The summed E-state index contributed by atoms with van der Waals surface area (Å²) in [7, 11) is -3.79. The molecule has 0 saturated carbocycles. The van der Waals surface area contributed by atoms with Crippen LogP contribution < -0.4 is 0 Å². The SMILES string of the molecule is CS(=O)(=O)c1ccc(C2=C(c3ccc(C(F)(F)F)cc3)CC(C(F)(F)F)(C(F)(F)F)C2)cn1. The van der Waals surface area contributed by atoms with Gasteiger partial charge in [-0.05, 0) is 53.3 Å². The Labute approximate surface area is 181 Å². The molecule has 1 aromatic carbocycles. The molecule has 0 unspecified atom stereocenters. The summed E-state index contributed by atoms with van der Waals surface area (Å²) >= 11 is 0. The lowest BCUT2D eigenvalue weighted by molar-refractivity contribution is -0.335. The third kappa shape index (κ3) is 4.59. The van der Waals surface area contributed by atoms with Gasteiger partial charge in [0.15, 0.2) is 20.3 Å². The van der Waals surface area contributed by atoms with E-state index in [1.165, 1.54) is 0 Å². The van der Waals surface area contributed by atoms with Gasteiger partial charge in [0.05, 0.1) is 5.56 Å². The van der Waals surface area contributed by atoms with Crippen LogP contribution in [-0.4, -0.2) is 32.0 Å². The second kappa shape index (κ2) is 7.74. The normalized spacial score (nSPS) is 17.5. The Hall–Kier alpha value is -2.57. The third-order valence-corrected chi connectivity index (χ3v) is 6.43. The van der Waals surface area contributed by atoms with Crippen LogP contribution in [0.5, 0.6) is 0 Å². The van der Waals surface area contributed by atoms with Crippen molar-refractivity contribution in [3.8, 4) is 0 Å². The summed E-state index contributed by atoms with van der Waals surface area (Å²) in [5.74, 6) is 0. The lowest BCUT2D eigenvalue weighted by Gasteiger charge is -2.34. The van der Waals surface area contributed by atoms with Crippen LogP contribution in [0.15, 0.2) is 47.6 Å².